The summed E-state index contributed by atoms with van der Waals surface area (Å²) in [6, 6.07) is 0.240. The van der Waals surface area contributed by atoms with Crippen LogP contribution in [0.5, 0.6) is 0 Å². The summed E-state index contributed by atoms with van der Waals surface area (Å²) in [5.41, 5.74) is 0. The summed E-state index contributed by atoms with van der Waals surface area (Å²) in [7, 11) is 0. The highest BCUT2D eigenvalue weighted by Gasteiger charge is 2.31. The van der Waals surface area contributed by atoms with E-state index in [1.807, 2.05) is 11.8 Å². The molecule has 1 saturated heterocycles. The molecular formula is C16H32N2O2. The molecule has 1 fully saturated rings. The lowest BCUT2D eigenvalue weighted by molar-refractivity contribution is 0.0312. The van der Waals surface area contributed by atoms with E-state index in [0.717, 1.165) is 25.8 Å². The molecule has 0 radical (unpaired) electrons. The molecule has 0 spiro atoms. The first kappa shape index (κ1) is 17.3. The zero-order chi connectivity index (χ0) is 15.1. The number of unbranched alkanes of at least 4 members (excludes halogenated alkanes) is 1. The van der Waals surface area contributed by atoms with E-state index in [-0.39, 0.29) is 24.1 Å². The second-order valence-electron chi connectivity index (χ2n) is 6.22. The van der Waals surface area contributed by atoms with Gasteiger partial charge < -0.3 is 15.3 Å². The summed E-state index contributed by atoms with van der Waals surface area (Å²) in [4.78, 5) is 13.7. The molecular weight excluding hydrogens is 252 g/mol. The van der Waals surface area contributed by atoms with E-state index in [9.17, 15) is 9.90 Å². The molecule has 4 heteroatoms. The summed E-state index contributed by atoms with van der Waals surface area (Å²) < 4.78 is 0. The van der Waals surface area contributed by atoms with Gasteiger partial charge in [0.2, 0.25) is 0 Å². The van der Waals surface area contributed by atoms with Crippen LogP contribution < -0.4 is 5.32 Å². The third kappa shape index (κ3) is 4.65. The molecule has 118 valence electrons. The number of aliphatic hydroxyl groups is 1. The fourth-order valence-electron chi connectivity index (χ4n) is 3.15. The molecule has 0 aliphatic carbocycles. The van der Waals surface area contributed by atoms with Crippen molar-refractivity contribution in [1.29, 1.82) is 0 Å². The number of amides is 2. The second-order valence-corrected chi connectivity index (χ2v) is 6.22. The zero-order valence-corrected chi connectivity index (χ0v) is 13.6. The molecule has 4 nitrogen and oxygen atoms in total. The van der Waals surface area contributed by atoms with Crippen molar-refractivity contribution in [2.45, 2.75) is 71.9 Å². The Bertz CT molecular complexity index is 296. The predicted octanol–water partition coefficient (Wildman–Crippen LogP) is 3.00. The van der Waals surface area contributed by atoms with Gasteiger partial charge in [-0.3, -0.25) is 0 Å². The standard InChI is InChI=1S/C16H32N2O2/c1-5-8-9-13(6-2)15(19)14(7-3)11-18-10-12(4)17-16(18)20/h12-15,19H,5-11H2,1-4H3,(H,17,20). The van der Waals surface area contributed by atoms with Crippen LogP contribution in [0.15, 0.2) is 0 Å². The molecule has 20 heavy (non-hydrogen) atoms. The van der Waals surface area contributed by atoms with Crippen LogP contribution in [0, 0.1) is 11.8 Å². The number of hydrogen-bond donors (Lipinski definition) is 2. The van der Waals surface area contributed by atoms with Crippen LogP contribution in [0.2, 0.25) is 0 Å². The Morgan fingerprint density at radius 2 is 1.95 bits per heavy atom. The van der Waals surface area contributed by atoms with E-state index in [1.165, 1.54) is 12.8 Å². The van der Waals surface area contributed by atoms with Gasteiger partial charge in [0.1, 0.15) is 0 Å². The Labute approximate surface area is 123 Å². The van der Waals surface area contributed by atoms with Crippen LogP contribution in [-0.2, 0) is 0 Å². The van der Waals surface area contributed by atoms with Crippen LogP contribution in [0.1, 0.15) is 59.8 Å². The number of urea groups is 1. The van der Waals surface area contributed by atoms with Crippen LogP contribution >= 0.6 is 0 Å². The lowest BCUT2D eigenvalue weighted by Gasteiger charge is -2.31. The Balaban J connectivity index is 2.57. The number of nitrogens with one attached hydrogen (secondary N) is 1. The highest BCUT2D eigenvalue weighted by Crippen LogP contribution is 2.25. The monoisotopic (exact) mass is 284 g/mol. The minimum Gasteiger partial charge on any atom is -0.392 e. The molecule has 4 atom stereocenters. The van der Waals surface area contributed by atoms with Gasteiger partial charge in [0.05, 0.1) is 6.10 Å². The molecule has 0 aromatic rings. The second kappa shape index (κ2) is 8.50. The predicted molar refractivity (Wildman–Crippen MR) is 82.7 cm³/mol. The summed E-state index contributed by atoms with van der Waals surface area (Å²) in [5, 5.41) is 13.6. The van der Waals surface area contributed by atoms with Crippen molar-refractivity contribution in [3.63, 3.8) is 0 Å². The van der Waals surface area contributed by atoms with Gasteiger partial charge >= 0.3 is 6.03 Å². The van der Waals surface area contributed by atoms with Gasteiger partial charge in [-0.25, -0.2) is 4.79 Å². The molecule has 1 rings (SSSR count). The molecule has 0 aromatic heterocycles. The Morgan fingerprint density at radius 3 is 2.40 bits per heavy atom. The van der Waals surface area contributed by atoms with E-state index < -0.39 is 0 Å². The summed E-state index contributed by atoms with van der Waals surface area (Å²) >= 11 is 0. The molecule has 2 N–H and O–H groups in total. The van der Waals surface area contributed by atoms with E-state index in [2.05, 4.69) is 26.1 Å². The van der Waals surface area contributed by atoms with Crippen LogP contribution in [-0.4, -0.2) is 41.3 Å². The SMILES string of the molecule is CCCCC(CC)C(O)C(CC)CN1CC(C)NC1=O. The maximum Gasteiger partial charge on any atom is 0.317 e. The van der Waals surface area contributed by atoms with Gasteiger partial charge in [0.15, 0.2) is 0 Å². The summed E-state index contributed by atoms with van der Waals surface area (Å²) in [6.07, 6.45) is 5.08. The van der Waals surface area contributed by atoms with Crippen molar-refractivity contribution in [3.05, 3.63) is 0 Å². The molecule has 0 saturated carbocycles. The number of aliphatic hydroxyl groups excluding tert-OH is 1. The fourth-order valence-corrected chi connectivity index (χ4v) is 3.15. The number of hydrogen-bond acceptors (Lipinski definition) is 2. The average molecular weight is 284 g/mol. The molecule has 4 unspecified atom stereocenters. The molecule has 0 aromatic carbocycles. The van der Waals surface area contributed by atoms with Crippen LogP contribution in [0.3, 0.4) is 0 Å². The Kier molecular flexibility index (Phi) is 7.35. The number of rotatable bonds is 9. The zero-order valence-electron chi connectivity index (χ0n) is 13.6. The summed E-state index contributed by atoms with van der Waals surface area (Å²) in [6.45, 7) is 9.90. The first-order valence-electron chi connectivity index (χ1n) is 8.26. The van der Waals surface area contributed by atoms with E-state index in [0.29, 0.717) is 12.5 Å². The smallest absolute Gasteiger partial charge is 0.317 e. The molecule has 1 heterocycles. The first-order chi connectivity index (χ1) is 9.53. The minimum atomic E-state index is -0.291. The van der Waals surface area contributed by atoms with E-state index >= 15 is 0 Å². The van der Waals surface area contributed by atoms with Gasteiger partial charge in [0, 0.05) is 25.0 Å². The topological polar surface area (TPSA) is 52.6 Å². The van der Waals surface area contributed by atoms with Gasteiger partial charge in [0.25, 0.3) is 0 Å². The maximum atomic E-state index is 11.8. The van der Waals surface area contributed by atoms with Crippen molar-refractivity contribution >= 4 is 6.03 Å². The van der Waals surface area contributed by atoms with Crippen molar-refractivity contribution < 1.29 is 9.90 Å². The third-order valence-corrected chi connectivity index (χ3v) is 4.55. The van der Waals surface area contributed by atoms with Crippen LogP contribution in [0.4, 0.5) is 4.79 Å². The lowest BCUT2D eigenvalue weighted by Crippen LogP contribution is -2.39. The van der Waals surface area contributed by atoms with E-state index in [1.54, 1.807) is 0 Å². The first-order valence-corrected chi connectivity index (χ1v) is 8.26. The number of carbonyl (C=O) groups is 1. The number of carbonyl (C=O) groups excluding carboxylic acids is 1. The summed E-state index contributed by atoms with van der Waals surface area (Å²) in [5.74, 6) is 0.552. The molecule has 0 bridgehead atoms. The Morgan fingerprint density at radius 1 is 1.30 bits per heavy atom. The largest absolute Gasteiger partial charge is 0.392 e. The average Bonchev–Trinajstić information content (AvgIpc) is 2.74. The third-order valence-electron chi connectivity index (χ3n) is 4.55. The highest BCUT2D eigenvalue weighted by molar-refractivity contribution is 5.76. The highest BCUT2D eigenvalue weighted by atomic mass is 16.3. The molecule has 1 aliphatic rings. The quantitative estimate of drug-likeness (QED) is 0.684. The molecule has 2 amide bonds. The van der Waals surface area contributed by atoms with Gasteiger partial charge in [-0.05, 0) is 25.7 Å². The van der Waals surface area contributed by atoms with Crippen molar-refractivity contribution in [2.75, 3.05) is 13.1 Å². The van der Waals surface area contributed by atoms with Crippen molar-refractivity contribution in [2.24, 2.45) is 11.8 Å². The van der Waals surface area contributed by atoms with Crippen molar-refractivity contribution in [1.82, 2.24) is 10.2 Å². The fraction of sp³-hybridized carbons (Fsp3) is 0.938. The molecule has 1 aliphatic heterocycles. The normalized spacial score (nSPS) is 23.6. The lowest BCUT2D eigenvalue weighted by atomic mass is 9.84. The van der Waals surface area contributed by atoms with Gasteiger partial charge in [-0.15, -0.1) is 0 Å². The van der Waals surface area contributed by atoms with Gasteiger partial charge in [-0.2, -0.15) is 0 Å². The minimum absolute atomic E-state index is 0.0183. The van der Waals surface area contributed by atoms with Crippen molar-refractivity contribution in [3.8, 4) is 0 Å². The Hall–Kier alpha value is -0.770. The van der Waals surface area contributed by atoms with Crippen LogP contribution in [0.25, 0.3) is 0 Å². The van der Waals surface area contributed by atoms with Gasteiger partial charge in [-0.1, -0.05) is 40.0 Å². The van der Waals surface area contributed by atoms with E-state index in [4.69, 9.17) is 0 Å². The maximum absolute atomic E-state index is 11.8. The number of nitrogens with zero attached hydrogens (tertiary/aromatic N) is 1.